The van der Waals surface area contributed by atoms with Gasteiger partial charge in [0.1, 0.15) is 12.4 Å². The van der Waals surface area contributed by atoms with Gasteiger partial charge in [-0.3, -0.25) is 4.79 Å². The lowest BCUT2D eigenvalue weighted by Gasteiger charge is -2.54. The number of ether oxygens (including phenoxy) is 2. The molecule has 164 valence electrons. The summed E-state index contributed by atoms with van der Waals surface area (Å²) in [5.74, 6) is 1.08. The maximum atomic E-state index is 13.4. The van der Waals surface area contributed by atoms with Crippen LogP contribution in [0, 0.1) is 5.41 Å². The highest BCUT2D eigenvalue weighted by molar-refractivity contribution is 5.83. The summed E-state index contributed by atoms with van der Waals surface area (Å²) in [5.41, 5.74) is 7.23. The minimum absolute atomic E-state index is 0.154. The van der Waals surface area contributed by atoms with Crippen LogP contribution in [0.2, 0.25) is 0 Å². The molecule has 5 nitrogen and oxygen atoms in total. The van der Waals surface area contributed by atoms with Gasteiger partial charge < -0.3 is 20.1 Å². The van der Waals surface area contributed by atoms with E-state index in [0.29, 0.717) is 31.0 Å². The number of nitrogens with two attached hydrogens (primary N) is 1. The fourth-order valence-electron chi connectivity index (χ4n) is 5.49. The van der Waals surface area contributed by atoms with Crippen LogP contribution in [0.3, 0.4) is 0 Å². The highest BCUT2D eigenvalue weighted by Crippen LogP contribution is 2.58. The Morgan fingerprint density at radius 1 is 1.23 bits per heavy atom. The maximum Gasteiger partial charge on any atom is 0.229 e. The van der Waals surface area contributed by atoms with Crippen LogP contribution in [-0.4, -0.2) is 49.8 Å². The van der Waals surface area contributed by atoms with E-state index in [1.54, 1.807) is 0 Å². The predicted octanol–water partition coefficient (Wildman–Crippen LogP) is 3.72. The van der Waals surface area contributed by atoms with Crippen molar-refractivity contribution in [2.75, 3.05) is 32.9 Å². The van der Waals surface area contributed by atoms with Crippen molar-refractivity contribution in [1.82, 2.24) is 4.90 Å². The van der Waals surface area contributed by atoms with Crippen LogP contribution in [0.4, 0.5) is 4.39 Å². The first-order valence-electron chi connectivity index (χ1n) is 11.1. The number of carbonyl (C=O) groups excluding carboxylic acids is 1. The summed E-state index contributed by atoms with van der Waals surface area (Å²) in [6.07, 6.45) is 6.58. The third-order valence-corrected chi connectivity index (χ3v) is 7.64. The predicted molar refractivity (Wildman–Crippen MR) is 114 cm³/mol. The van der Waals surface area contributed by atoms with Gasteiger partial charge in [-0.2, -0.15) is 0 Å². The highest BCUT2D eigenvalue weighted by atomic mass is 19.1. The van der Waals surface area contributed by atoms with Crippen LogP contribution in [0.1, 0.15) is 51.0 Å². The molecule has 2 bridgehead atoms. The standard InChI is InChI=1S/C24H33FN2O3/c1-18-16-29-13-12-27(18)22(28)24-9-6-23(7-10-24,8-11-24)20-2-4-21(5-3-20)30-17-19(14-25)15-26/h2-5,14,18H,6-13,15-17,26H2,1H3. The molecule has 1 saturated heterocycles. The van der Waals surface area contributed by atoms with Crippen LogP contribution >= 0.6 is 0 Å². The van der Waals surface area contributed by atoms with E-state index in [1.165, 1.54) is 5.56 Å². The van der Waals surface area contributed by atoms with Gasteiger partial charge in [0.05, 0.1) is 25.6 Å². The third-order valence-electron chi connectivity index (χ3n) is 7.64. The molecule has 1 heterocycles. The van der Waals surface area contributed by atoms with Crippen molar-refractivity contribution in [2.24, 2.45) is 11.1 Å². The lowest BCUT2D eigenvalue weighted by Crippen LogP contribution is -2.57. The number of rotatable bonds is 6. The van der Waals surface area contributed by atoms with E-state index in [0.717, 1.165) is 50.8 Å². The normalized spacial score (nSPS) is 31.6. The first kappa shape index (κ1) is 21.3. The van der Waals surface area contributed by atoms with Gasteiger partial charge in [0, 0.05) is 24.1 Å². The summed E-state index contributed by atoms with van der Waals surface area (Å²) in [7, 11) is 0. The fourth-order valence-corrected chi connectivity index (χ4v) is 5.49. The van der Waals surface area contributed by atoms with Gasteiger partial charge in [0.25, 0.3) is 0 Å². The van der Waals surface area contributed by atoms with Gasteiger partial charge in [-0.1, -0.05) is 12.1 Å². The van der Waals surface area contributed by atoms with Crippen LogP contribution in [0.25, 0.3) is 0 Å². The number of hydrogen-bond donors (Lipinski definition) is 1. The molecule has 0 aromatic heterocycles. The first-order chi connectivity index (χ1) is 14.5. The number of nitrogens with zero attached hydrogens (tertiary/aromatic N) is 1. The number of fused-ring (bicyclic) bond motifs is 3. The Morgan fingerprint density at radius 2 is 1.90 bits per heavy atom. The number of morpholine rings is 1. The molecule has 30 heavy (non-hydrogen) atoms. The Bertz CT molecular complexity index is 768. The molecule has 2 N–H and O–H groups in total. The van der Waals surface area contributed by atoms with Crippen molar-refractivity contribution in [1.29, 1.82) is 0 Å². The second-order valence-electron chi connectivity index (χ2n) is 9.27. The maximum absolute atomic E-state index is 13.4. The van der Waals surface area contributed by atoms with Gasteiger partial charge in [-0.25, -0.2) is 4.39 Å². The molecule has 1 aromatic carbocycles. The molecule has 4 aliphatic rings. The zero-order valence-corrected chi connectivity index (χ0v) is 17.9. The van der Waals surface area contributed by atoms with Gasteiger partial charge in [0.15, 0.2) is 0 Å². The van der Waals surface area contributed by atoms with Gasteiger partial charge in [-0.05, 0) is 68.6 Å². The van der Waals surface area contributed by atoms with Gasteiger partial charge in [0.2, 0.25) is 5.91 Å². The Hall–Kier alpha value is -1.92. The summed E-state index contributed by atoms with van der Waals surface area (Å²) in [4.78, 5) is 15.5. The molecule has 3 aliphatic carbocycles. The molecule has 1 aromatic rings. The Balaban J connectivity index is 1.41. The number of halogens is 1. The molecular weight excluding hydrogens is 383 g/mol. The third kappa shape index (κ3) is 3.87. The van der Waals surface area contributed by atoms with E-state index in [1.807, 2.05) is 12.1 Å². The van der Waals surface area contributed by atoms with Crippen molar-refractivity contribution in [2.45, 2.75) is 56.9 Å². The Kier molecular flexibility index (Phi) is 6.16. The topological polar surface area (TPSA) is 64.8 Å². The largest absolute Gasteiger partial charge is 0.489 e. The molecule has 1 atom stereocenters. The molecule has 0 radical (unpaired) electrons. The summed E-state index contributed by atoms with van der Waals surface area (Å²) in [5, 5.41) is 0. The quantitative estimate of drug-likeness (QED) is 0.768. The van der Waals surface area contributed by atoms with Crippen molar-refractivity contribution >= 4 is 5.91 Å². The van der Waals surface area contributed by atoms with Gasteiger partial charge >= 0.3 is 0 Å². The molecule has 1 aliphatic heterocycles. The molecule has 0 spiro atoms. The van der Waals surface area contributed by atoms with Crippen LogP contribution in [0.5, 0.6) is 5.75 Å². The molecule has 6 heteroatoms. The fraction of sp³-hybridized carbons (Fsp3) is 0.625. The summed E-state index contributed by atoms with van der Waals surface area (Å²) in [6, 6.07) is 8.39. The zero-order chi connectivity index (χ0) is 21.2. The average Bonchev–Trinajstić information content (AvgIpc) is 2.81. The molecule has 1 unspecified atom stereocenters. The first-order valence-corrected chi connectivity index (χ1v) is 11.1. The SMILES string of the molecule is CC1COCCN1C(=O)C12CCC(c3ccc(OCC(=CF)CN)cc3)(CC1)CC2. The number of hydrogen-bond acceptors (Lipinski definition) is 4. The second-order valence-corrected chi connectivity index (χ2v) is 9.27. The van der Waals surface area contributed by atoms with E-state index in [4.69, 9.17) is 15.2 Å². The van der Waals surface area contributed by atoms with Crippen molar-refractivity contribution < 1.29 is 18.7 Å². The van der Waals surface area contributed by atoms with Crippen LogP contribution in [0.15, 0.2) is 36.2 Å². The van der Waals surface area contributed by atoms with Crippen molar-refractivity contribution in [3.63, 3.8) is 0 Å². The summed E-state index contributed by atoms with van der Waals surface area (Å²) < 4.78 is 23.8. The van der Waals surface area contributed by atoms with E-state index in [2.05, 4.69) is 24.0 Å². The Morgan fingerprint density at radius 3 is 2.47 bits per heavy atom. The Labute approximate surface area is 178 Å². The molecule has 5 rings (SSSR count). The second kappa shape index (κ2) is 8.67. The average molecular weight is 417 g/mol. The lowest BCUT2D eigenvalue weighted by molar-refractivity contribution is -0.157. The summed E-state index contributed by atoms with van der Waals surface area (Å²) >= 11 is 0. The summed E-state index contributed by atoms with van der Waals surface area (Å²) in [6.45, 7) is 4.43. The van der Waals surface area contributed by atoms with Gasteiger partial charge in [-0.15, -0.1) is 0 Å². The van der Waals surface area contributed by atoms with Crippen LogP contribution < -0.4 is 10.5 Å². The zero-order valence-electron chi connectivity index (χ0n) is 17.9. The van der Waals surface area contributed by atoms with E-state index < -0.39 is 0 Å². The minimum atomic E-state index is -0.173. The van der Waals surface area contributed by atoms with Crippen LogP contribution in [-0.2, 0) is 14.9 Å². The highest BCUT2D eigenvalue weighted by Gasteiger charge is 2.54. The number of benzene rings is 1. The molecule has 4 fully saturated rings. The molecule has 3 saturated carbocycles. The lowest BCUT2D eigenvalue weighted by atomic mass is 9.51. The molecule has 1 amide bonds. The molecular formula is C24H33FN2O3. The van der Waals surface area contributed by atoms with E-state index in [-0.39, 0.29) is 30.0 Å². The number of amides is 1. The van der Waals surface area contributed by atoms with Crippen molar-refractivity contribution in [3.05, 3.63) is 41.7 Å². The van der Waals surface area contributed by atoms with Crippen molar-refractivity contribution in [3.8, 4) is 5.75 Å². The minimum Gasteiger partial charge on any atom is -0.489 e. The van der Waals surface area contributed by atoms with E-state index in [9.17, 15) is 9.18 Å². The van der Waals surface area contributed by atoms with E-state index >= 15 is 0 Å². The smallest absolute Gasteiger partial charge is 0.229 e. The number of carbonyl (C=O) groups is 1. The monoisotopic (exact) mass is 416 g/mol.